The van der Waals surface area contributed by atoms with Crippen molar-refractivity contribution in [2.75, 3.05) is 31.9 Å². The molecule has 0 atom stereocenters. The van der Waals surface area contributed by atoms with Gasteiger partial charge < -0.3 is 15.4 Å². The second kappa shape index (κ2) is 6.79. The molecule has 128 valence electrons. The van der Waals surface area contributed by atoms with E-state index in [-0.39, 0.29) is 6.09 Å². The van der Waals surface area contributed by atoms with Crippen LogP contribution in [0.2, 0.25) is 0 Å². The van der Waals surface area contributed by atoms with E-state index in [2.05, 4.69) is 24.8 Å². The molecular weight excluding hydrogens is 290 g/mol. The molecule has 1 aromatic rings. The lowest BCUT2D eigenvalue weighted by atomic mass is 10.0. The number of ether oxygens (including phenoxy) is 1. The van der Waals surface area contributed by atoms with E-state index in [1.807, 2.05) is 26.8 Å². The van der Waals surface area contributed by atoms with Gasteiger partial charge in [0.2, 0.25) is 0 Å². The number of piperazine rings is 1. The molecule has 0 aliphatic carbocycles. The molecule has 1 heterocycles. The number of nitrogens with two attached hydrogens (primary N) is 1. The number of benzene rings is 1. The van der Waals surface area contributed by atoms with E-state index in [0.29, 0.717) is 13.1 Å². The van der Waals surface area contributed by atoms with Gasteiger partial charge in [0.1, 0.15) is 5.60 Å². The third-order valence-corrected chi connectivity index (χ3v) is 4.12. The van der Waals surface area contributed by atoms with E-state index >= 15 is 0 Å². The van der Waals surface area contributed by atoms with Crippen LogP contribution in [0.1, 0.15) is 37.5 Å². The lowest BCUT2D eigenvalue weighted by molar-refractivity contribution is 0.0139. The predicted molar refractivity (Wildman–Crippen MR) is 93.4 cm³/mol. The Kier molecular flexibility index (Phi) is 5.19. The Morgan fingerprint density at radius 3 is 2.35 bits per heavy atom. The van der Waals surface area contributed by atoms with E-state index in [9.17, 15) is 4.79 Å². The molecule has 0 spiro atoms. The minimum Gasteiger partial charge on any atom is -0.444 e. The van der Waals surface area contributed by atoms with Gasteiger partial charge in [-0.25, -0.2) is 4.79 Å². The summed E-state index contributed by atoms with van der Waals surface area (Å²) in [5, 5.41) is 0. The Bertz CT molecular complexity index is 570. The van der Waals surface area contributed by atoms with Gasteiger partial charge in [-0.05, 0) is 57.4 Å². The van der Waals surface area contributed by atoms with E-state index in [1.165, 1.54) is 11.1 Å². The average molecular weight is 319 g/mol. The van der Waals surface area contributed by atoms with Crippen molar-refractivity contribution in [3.05, 3.63) is 28.8 Å². The van der Waals surface area contributed by atoms with Gasteiger partial charge in [0.05, 0.1) is 0 Å². The zero-order valence-electron chi connectivity index (χ0n) is 15.0. The van der Waals surface area contributed by atoms with Gasteiger partial charge in [0.15, 0.2) is 0 Å². The first-order valence-electron chi connectivity index (χ1n) is 8.21. The van der Waals surface area contributed by atoms with Gasteiger partial charge in [-0.2, -0.15) is 0 Å². The van der Waals surface area contributed by atoms with Gasteiger partial charge in [-0.3, -0.25) is 4.90 Å². The first-order valence-corrected chi connectivity index (χ1v) is 8.21. The Balaban J connectivity index is 1.92. The Hall–Kier alpha value is -1.75. The molecule has 1 saturated heterocycles. The fraction of sp³-hybridized carbons (Fsp3) is 0.611. The molecule has 1 fully saturated rings. The minimum atomic E-state index is -0.440. The molecule has 1 amide bonds. The van der Waals surface area contributed by atoms with Crippen molar-refractivity contribution in [1.29, 1.82) is 0 Å². The van der Waals surface area contributed by atoms with E-state index in [0.717, 1.165) is 30.9 Å². The van der Waals surface area contributed by atoms with E-state index < -0.39 is 5.60 Å². The molecule has 1 aromatic carbocycles. The van der Waals surface area contributed by atoms with Crippen molar-refractivity contribution in [2.45, 2.75) is 46.8 Å². The summed E-state index contributed by atoms with van der Waals surface area (Å²) in [5.41, 5.74) is 10.1. The lowest BCUT2D eigenvalue weighted by Gasteiger charge is -2.35. The summed E-state index contributed by atoms with van der Waals surface area (Å²) >= 11 is 0. The number of amides is 1. The van der Waals surface area contributed by atoms with Crippen LogP contribution in [0, 0.1) is 13.8 Å². The summed E-state index contributed by atoms with van der Waals surface area (Å²) in [5.74, 6) is 0. The molecule has 5 heteroatoms. The van der Waals surface area contributed by atoms with Crippen molar-refractivity contribution in [2.24, 2.45) is 0 Å². The molecule has 0 radical (unpaired) electrons. The summed E-state index contributed by atoms with van der Waals surface area (Å²) in [6.07, 6.45) is -0.215. The topological polar surface area (TPSA) is 58.8 Å². The minimum absolute atomic E-state index is 0.215. The van der Waals surface area contributed by atoms with Crippen molar-refractivity contribution >= 4 is 11.8 Å². The highest BCUT2D eigenvalue weighted by molar-refractivity contribution is 5.68. The lowest BCUT2D eigenvalue weighted by Crippen LogP contribution is -2.49. The zero-order chi connectivity index (χ0) is 17.2. The molecule has 5 nitrogen and oxygen atoms in total. The maximum absolute atomic E-state index is 12.1. The van der Waals surface area contributed by atoms with Crippen LogP contribution < -0.4 is 5.73 Å². The van der Waals surface area contributed by atoms with Crippen molar-refractivity contribution in [1.82, 2.24) is 9.80 Å². The van der Waals surface area contributed by atoms with Crippen LogP contribution in [0.3, 0.4) is 0 Å². The molecule has 0 saturated carbocycles. The Morgan fingerprint density at radius 2 is 1.78 bits per heavy atom. The number of aryl methyl sites for hydroxylation is 1. The molecule has 23 heavy (non-hydrogen) atoms. The largest absolute Gasteiger partial charge is 0.444 e. The van der Waals surface area contributed by atoms with Crippen LogP contribution in [0.5, 0.6) is 0 Å². The Labute approximate surface area is 139 Å². The SMILES string of the molecule is Cc1cc(N)c(C)c(CN2CCN(C(=O)OC(C)(C)C)CC2)c1. The fourth-order valence-corrected chi connectivity index (χ4v) is 2.78. The summed E-state index contributed by atoms with van der Waals surface area (Å²) < 4.78 is 5.43. The average Bonchev–Trinajstić information content (AvgIpc) is 2.43. The standard InChI is InChI=1S/C18H29N3O2/c1-13-10-15(14(2)16(19)11-13)12-20-6-8-21(9-7-20)17(22)23-18(3,4)5/h10-11H,6-9,12,19H2,1-5H3. The highest BCUT2D eigenvalue weighted by Gasteiger charge is 2.26. The number of hydrogen-bond donors (Lipinski definition) is 1. The van der Waals surface area contributed by atoms with Gasteiger partial charge in [-0.1, -0.05) is 6.07 Å². The van der Waals surface area contributed by atoms with Crippen LogP contribution in [0.4, 0.5) is 10.5 Å². The number of carbonyl (C=O) groups excluding carboxylic acids is 1. The summed E-state index contributed by atoms with van der Waals surface area (Å²) in [6, 6.07) is 4.21. The molecular formula is C18H29N3O2. The van der Waals surface area contributed by atoms with Gasteiger partial charge >= 0.3 is 6.09 Å². The second-order valence-electron chi connectivity index (χ2n) is 7.38. The number of carbonyl (C=O) groups is 1. The van der Waals surface area contributed by atoms with Gasteiger partial charge in [-0.15, -0.1) is 0 Å². The van der Waals surface area contributed by atoms with E-state index in [1.54, 1.807) is 4.90 Å². The number of nitrogen functional groups attached to an aromatic ring is 1. The van der Waals surface area contributed by atoms with Crippen molar-refractivity contribution in [3.63, 3.8) is 0 Å². The molecule has 2 N–H and O–H groups in total. The zero-order valence-corrected chi connectivity index (χ0v) is 15.0. The quantitative estimate of drug-likeness (QED) is 0.852. The highest BCUT2D eigenvalue weighted by atomic mass is 16.6. The molecule has 0 unspecified atom stereocenters. The van der Waals surface area contributed by atoms with Crippen LogP contribution in [0.15, 0.2) is 12.1 Å². The van der Waals surface area contributed by atoms with Crippen LogP contribution in [-0.2, 0) is 11.3 Å². The summed E-state index contributed by atoms with van der Waals surface area (Å²) in [6.45, 7) is 13.8. The number of rotatable bonds is 2. The first kappa shape index (κ1) is 17.6. The monoisotopic (exact) mass is 319 g/mol. The Morgan fingerprint density at radius 1 is 1.17 bits per heavy atom. The normalized spacial score (nSPS) is 16.5. The third kappa shape index (κ3) is 4.86. The van der Waals surface area contributed by atoms with Crippen LogP contribution in [0.25, 0.3) is 0 Å². The first-order chi connectivity index (χ1) is 10.7. The van der Waals surface area contributed by atoms with Gasteiger partial charge in [0, 0.05) is 38.4 Å². The smallest absolute Gasteiger partial charge is 0.410 e. The van der Waals surface area contributed by atoms with Crippen LogP contribution >= 0.6 is 0 Å². The second-order valence-corrected chi connectivity index (χ2v) is 7.38. The summed E-state index contributed by atoms with van der Waals surface area (Å²) in [7, 11) is 0. The van der Waals surface area contributed by atoms with Gasteiger partial charge in [0.25, 0.3) is 0 Å². The molecule has 2 rings (SSSR count). The molecule has 0 aromatic heterocycles. The maximum atomic E-state index is 12.1. The van der Waals surface area contributed by atoms with Crippen molar-refractivity contribution in [3.8, 4) is 0 Å². The predicted octanol–water partition coefficient (Wildman–Crippen LogP) is 2.94. The molecule has 1 aliphatic rings. The molecule has 0 bridgehead atoms. The van der Waals surface area contributed by atoms with Crippen molar-refractivity contribution < 1.29 is 9.53 Å². The van der Waals surface area contributed by atoms with Crippen LogP contribution in [-0.4, -0.2) is 47.7 Å². The fourth-order valence-electron chi connectivity index (χ4n) is 2.78. The maximum Gasteiger partial charge on any atom is 0.410 e. The number of anilines is 1. The number of nitrogens with zero attached hydrogens (tertiary/aromatic N) is 2. The third-order valence-electron chi connectivity index (χ3n) is 4.12. The van der Waals surface area contributed by atoms with E-state index in [4.69, 9.17) is 10.5 Å². The summed E-state index contributed by atoms with van der Waals surface area (Å²) in [4.78, 5) is 16.2. The highest BCUT2D eigenvalue weighted by Crippen LogP contribution is 2.21. The number of hydrogen-bond acceptors (Lipinski definition) is 4. The molecule has 1 aliphatic heterocycles.